The molecule has 0 saturated heterocycles. The fraction of sp³-hybridized carbons (Fsp3) is 0.571. The largest absolute Gasteiger partial charge is 0.481 e. The second kappa shape index (κ2) is 5.91. The van der Waals surface area contributed by atoms with Gasteiger partial charge in [0.15, 0.2) is 0 Å². The Hall–Kier alpha value is -1.78. The number of hydrogen-bond donors (Lipinski definition) is 2. The molecule has 0 aliphatic heterocycles. The van der Waals surface area contributed by atoms with Gasteiger partial charge in [-0.1, -0.05) is 20.8 Å². The lowest BCUT2D eigenvalue weighted by atomic mass is 9.80. The average molecular weight is 267 g/mol. The number of amides is 1. The zero-order valence-corrected chi connectivity index (χ0v) is 11.8. The molecule has 1 rings (SSSR count). The van der Waals surface area contributed by atoms with Crippen LogP contribution in [0.15, 0.2) is 22.8 Å². The van der Waals surface area contributed by atoms with Gasteiger partial charge < -0.3 is 14.8 Å². The molecule has 0 aliphatic carbocycles. The van der Waals surface area contributed by atoms with Crippen molar-refractivity contribution in [3.8, 4) is 0 Å². The summed E-state index contributed by atoms with van der Waals surface area (Å²) in [4.78, 5) is 23.3. The van der Waals surface area contributed by atoms with Gasteiger partial charge in [-0.3, -0.25) is 9.59 Å². The van der Waals surface area contributed by atoms with Gasteiger partial charge in [-0.2, -0.15) is 0 Å². The number of carbonyl (C=O) groups is 2. The van der Waals surface area contributed by atoms with Crippen LogP contribution in [0.25, 0.3) is 0 Å². The van der Waals surface area contributed by atoms with Crippen LogP contribution in [0.2, 0.25) is 0 Å². The van der Waals surface area contributed by atoms with Crippen molar-refractivity contribution in [2.45, 2.75) is 40.2 Å². The third-order valence-corrected chi connectivity index (χ3v) is 2.85. The summed E-state index contributed by atoms with van der Waals surface area (Å²) in [7, 11) is 0. The maximum atomic E-state index is 12.0. The molecule has 106 valence electrons. The van der Waals surface area contributed by atoms with Gasteiger partial charge in [-0.15, -0.1) is 0 Å². The Labute approximate surface area is 113 Å². The fourth-order valence-electron chi connectivity index (χ4n) is 1.98. The second-order valence-electron chi connectivity index (χ2n) is 5.83. The van der Waals surface area contributed by atoms with Gasteiger partial charge in [-0.05, 0) is 24.5 Å². The first kappa shape index (κ1) is 15.3. The molecule has 19 heavy (non-hydrogen) atoms. The summed E-state index contributed by atoms with van der Waals surface area (Å²) in [6.45, 7) is 7.04. The van der Waals surface area contributed by atoms with Crippen LogP contribution in [-0.4, -0.2) is 23.0 Å². The number of hydrogen-bond acceptors (Lipinski definition) is 3. The molecule has 1 heterocycles. The Morgan fingerprint density at radius 1 is 1.42 bits per heavy atom. The Morgan fingerprint density at radius 3 is 2.47 bits per heavy atom. The van der Waals surface area contributed by atoms with Crippen molar-refractivity contribution in [3.05, 3.63) is 24.2 Å². The number of aliphatic carboxylic acids is 1. The summed E-state index contributed by atoms with van der Waals surface area (Å²) in [6.07, 6.45) is 2.11. The smallest absolute Gasteiger partial charge is 0.316 e. The van der Waals surface area contributed by atoms with Gasteiger partial charge in [0, 0.05) is 12.5 Å². The van der Waals surface area contributed by atoms with E-state index in [4.69, 9.17) is 9.52 Å². The number of nitrogens with one attached hydrogen (secondary N) is 1. The van der Waals surface area contributed by atoms with Crippen LogP contribution >= 0.6 is 0 Å². The van der Waals surface area contributed by atoms with Crippen molar-refractivity contribution in [1.82, 2.24) is 5.32 Å². The number of carboxylic acids is 1. The summed E-state index contributed by atoms with van der Waals surface area (Å²) in [5.41, 5.74) is -0.625. The number of carbonyl (C=O) groups excluding carboxylic acids is 1. The summed E-state index contributed by atoms with van der Waals surface area (Å²) in [5.74, 6) is -1.86. The lowest BCUT2D eigenvalue weighted by molar-refractivity contribution is -0.151. The highest BCUT2D eigenvalue weighted by molar-refractivity contribution is 5.97. The molecule has 1 aromatic rings. The van der Waals surface area contributed by atoms with E-state index in [0.29, 0.717) is 6.42 Å². The zero-order valence-electron chi connectivity index (χ0n) is 11.8. The minimum absolute atomic E-state index is 0.178. The maximum Gasteiger partial charge on any atom is 0.316 e. The highest BCUT2D eigenvalue weighted by atomic mass is 16.4. The van der Waals surface area contributed by atoms with Crippen LogP contribution < -0.4 is 5.32 Å². The van der Waals surface area contributed by atoms with Gasteiger partial charge in [0.1, 0.15) is 11.7 Å². The number of furan rings is 1. The molecular weight excluding hydrogens is 246 g/mol. The molecule has 5 nitrogen and oxygen atoms in total. The van der Waals surface area contributed by atoms with E-state index in [1.807, 2.05) is 13.0 Å². The van der Waals surface area contributed by atoms with Crippen LogP contribution in [0.1, 0.15) is 33.5 Å². The lowest BCUT2D eigenvalue weighted by Gasteiger charge is -2.27. The van der Waals surface area contributed by atoms with Crippen molar-refractivity contribution >= 4 is 11.9 Å². The second-order valence-corrected chi connectivity index (χ2v) is 5.83. The Kier molecular flexibility index (Phi) is 4.75. The summed E-state index contributed by atoms with van der Waals surface area (Å²) < 4.78 is 5.19. The quantitative estimate of drug-likeness (QED) is 0.800. The fourth-order valence-corrected chi connectivity index (χ4v) is 1.98. The van der Waals surface area contributed by atoms with E-state index in [1.54, 1.807) is 33.1 Å². The number of rotatable bonds is 5. The minimum atomic E-state index is -1.10. The molecule has 2 atom stereocenters. The van der Waals surface area contributed by atoms with Crippen molar-refractivity contribution < 1.29 is 19.1 Å². The van der Waals surface area contributed by atoms with Gasteiger partial charge in [0.2, 0.25) is 5.91 Å². The highest BCUT2D eigenvalue weighted by Gasteiger charge is 2.38. The van der Waals surface area contributed by atoms with Gasteiger partial charge >= 0.3 is 5.97 Å². The summed E-state index contributed by atoms with van der Waals surface area (Å²) >= 11 is 0. The monoisotopic (exact) mass is 267 g/mol. The molecule has 2 N–H and O–H groups in total. The first-order chi connectivity index (χ1) is 8.71. The molecule has 0 aliphatic rings. The molecule has 0 radical (unpaired) electrons. The maximum absolute atomic E-state index is 12.0. The first-order valence-corrected chi connectivity index (χ1v) is 6.27. The van der Waals surface area contributed by atoms with E-state index >= 15 is 0 Å². The Morgan fingerprint density at radius 2 is 2.05 bits per heavy atom. The minimum Gasteiger partial charge on any atom is -0.481 e. The van der Waals surface area contributed by atoms with Crippen LogP contribution in [-0.2, 0) is 16.0 Å². The van der Waals surface area contributed by atoms with Crippen LogP contribution in [0, 0.1) is 11.3 Å². The van der Waals surface area contributed by atoms with Crippen molar-refractivity contribution in [1.29, 1.82) is 0 Å². The summed E-state index contributed by atoms with van der Waals surface area (Å²) in [6, 6.07) is 3.42. The Bertz CT molecular complexity index is 431. The first-order valence-electron chi connectivity index (χ1n) is 6.27. The Balaban J connectivity index is 2.64. The van der Waals surface area contributed by atoms with E-state index in [0.717, 1.165) is 5.76 Å². The van der Waals surface area contributed by atoms with E-state index in [2.05, 4.69) is 5.32 Å². The molecular formula is C14H21NO4. The van der Waals surface area contributed by atoms with Gasteiger partial charge in [-0.25, -0.2) is 0 Å². The number of carboxylic acid groups (broad SMARTS) is 1. The summed E-state index contributed by atoms with van der Waals surface area (Å²) in [5, 5.41) is 11.9. The molecule has 1 amide bonds. The van der Waals surface area contributed by atoms with Gasteiger partial charge in [0.25, 0.3) is 0 Å². The molecule has 2 unspecified atom stereocenters. The van der Waals surface area contributed by atoms with E-state index in [-0.39, 0.29) is 6.04 Å². The van der Waals surface area contributed by atoms with Crippen molar-refractivity contribution in [3.63, 3.8) is 0 Å². The average Bonchev–Trinajstić information content (AvgIpc) is 2.66. The standard InChI is InChI=1S/C14H21NO4/c1-9(8-10-6-5-7-19-10)15-12(16)11(13(17)18)14(2,3)4/h5-7,9,11H,8H2,1-4H3,(H,15,16)(H,17,18). The van der Waals surface area contributed by atoms with Crippen molar-refractivity contribution in [2.75, 3.05) is 0 Å². The molecule has 0 bridgehead atoms. The molecule has 0 aromatic carbocycles. The van der Waals surface area contributed by atoms with E-state index in [9.17, 15) is 9.59 Å². The normalized spacial score (nSPS) is 14.7. The molecule has 0 spiro atoms. The van der Waals surface area contributed by atoms with Crippen LogP contribution in [0.5, 0.6) is 0 Å². The van der Waals surface area contributed by atoms with Crippen LogP contribution in [0.3, 0.4) is 0 Å². The highest BCUT2D eigenvalue weighted by Crippen LogP contribution is 2.26. The van der Waals surface area contributed by atoms with E-state index in [1.165, 1.54) is 0 Å². The molecule has 5 heteroatoms. The van der Waals surface area contributed by atoms with Crippen LogP contribution in [0.4, 0.5) is 0 Å². The third kappa shape index (κ3) is 4.43. The molecule has 0 fully saturated rings. The van der Waals surface area contributed by atoms with Gasteiger partial charge in [0.05, 0.1) is 6.26 Å². The zero-order chi connectivity index (χ0) is 14.6. The molecule has 0 saturated carbocycles. The predicted octanol–water partition coefficient (Wildman–Crippen LogP) is 2.07. The SMILES string of the molecule is CC(Cc1ccco1)NC(=O)C(C(=O)O)C(C)(C)C. The molecule has 1 aromatic heterocycles. The predicted molar refractivity (Wildman–Crippen MR) is 70.6 cm³/mol. The lowest BCUT2D eigenvalue weighted by Crippen LogP contribution is -2.46. The van der Waals surface area contributed by atoms with Crippen molar-refractivity contribution in [2.24, 2.45) is 11.3 Å². The topological polar surface area (TPSA) is 79.5 Å². The third-order valence-electron chi connectivity index (χ3n) is 2.85. The van der Waals surface area contributed by atoms with E-state index < -0.39 is 23.2 Å².